The molecule has 1 fully saturated rings. The van der Waals surface area contributed by atoms with Crippen LogP contribution in [0.4, 0.5) is 0 Å². The summed E-state index contributed by atoms with van der Waals surface area (Å²) in [5.74, 6) is 1.45. The largest absolute Gasteiger partial charge is 0.468 e. The van der Waals surface area contributed by atoms with E-state index in [1.807, 2.05) is 30.3 Å². The van der Waals surface area contributed by atoms with Crippen molar-refractivity contribution in [3.05, 3.63) is 41.7 Å². The van der Waals surface area contributed by atoms with Gasteiger partial charge in [0.15, 0.2) is 0 Å². The maximum atomic E-state index is 12.1. The molecular formula is C18H23N3O2S. The molecule has 1 N–H and O–H groups in total. The molecule has 1 aromatic carbocycles. The highest BCUT2D eigenvalue weighted by Crippen LogP contribution is 2.34. The van der Waals surface area contributed by atoms with Crippen LogP contribution in [0, 0.1) is 5.92 Å². The lowest BCUT2D eigenvalue weighted by Crippen LogP contribution is -2.11. The summed E-state index contributed by atoms with van der Waals surface area (Å²) in [5, 5.41) is 7.42. The van der Waals surface area contributed by atoms with Crippen molar-refractivity contribution in [1.82, 2.24) is 15.2 Å². The molecule has 0 amide bonds. The van der Waals surface area contributed by atoms with E-state index >= 15 is 0 Å². The molecule has 1 heterocycles. The summed E-state index contributed by atoms with van der Waals surface area (Å²) in [7, 11) is 1.41. The summed E-state index contributed by atoms with van der Waals surface area (Å²) in [6.07, 6.45) is 7.49. The molecule has 0 spiro atoms. The highest BCUT2D eigenvalue weighted by molar-refractivity contribution is 8.00. The van der Waals surface area contributed by atoms with Crippen LogP contribution >= 0.6 is 11.8 Å². The summed E-state index contributed by atoms with van der Waals surface area (Å²) >= 11 is 1.33. The number of H-pyrrole nitrogens is 1. The van der Waals surface area contributed by atoms with E-state index < -0.39 is 5.25 Å². The number of nitrogens with zero attached hydrogens (tertiary/aromatic N) is 2. The maximum absolute atomic E-state index is 12.1. The summed E-state index contributed by atoms with van der Waals surface area (Å²) in [4.78, 5) is 16.7. The van der Waals surface area contributed by atoms with Crippen LogP contribution in [0.25, 0.3) is 0 Å². The highest BCUT2D eigenvalue weighted by Gasteiger charge is 2.25. The lowest BCUT2D eigenvalue weighted by atomic mass is 10.0. The van der Waals surface area contributed by atoms with E-state index in [1.54, 1.807) is 0 Å². The van der Waals surface area contributed by atoms with Crippen LogP contribution < -0.4 is 0 Å². The first-order valence-corrected chi connectivity index (χ1v) is 9.35. The molecule has 1 saturated carbocycles. The molecule has 0 saturated heterocycles. The third-order valence-corrected chi connectivity index (χ3v) is 5.61. The van der Waals surface area contributed by atoms with Crippen LogP contribution in [0.2, 0.25) is 0 Å². The standard InChI is InChI=1S/C18H23N3O2S/c1-23-17(22)16(14-9-3-2-4-10-14)24-18-19-15(20-21-18)12-11-13-7-5-6-8-13/h2-4,9-10,13,16H,5-8,11-12H2,1H3,(H,19,20,21). The van der Waals surface area contributed by atoms with Crippen LogP contribution in [0.3, 0.4) is 0 Å². The quantitative estimate of drug-likeness (QED) is 0.608. The molecule has 128 valence electrons. The molecule has 1 aromatic heterocycles. The zero-order valence-corrected chi connectivity index (χ0v) is 14.7. The Morgan fingerprint density at radius 3 is 2.79 bits per heavy atom. The number of hydrogen-bond acceptors (Lipinski definition) is 5. The van der Waals surface area contributed by atoms with E-state index in [4.69, 9.17) is 4.74 Å². The average molecular weight is 345 g/mol. The number of esters is 1. The van der Waals surface area contributed by atoms with Gasteiger partial charge >= 0.3 is 5.97 Å². The molecular weight excluding hydrogens is 322 g/mol. The van der Waals surface area contributed by atoms with E-state index in [0.717, 1.165) is 23.7 Å². The van der Waals surface area contributed by atoms with Gasteiger partial charge in [0, 0.05) is 6.42 Å². The van der Waals surface area contributed by atoms with Crippen molar-refractivity contribution < 1.29 is 9.53 Å². The summed E-state index contributed by atoms with van der Waals surface area (Å²) in [6.45, 7) is 0. The number of aromatic nitrogens is 3. The van der Waals surface area contributed by atoms with Crippen molar-refractivity contribution in [3.8, 4) is 0 Å². The van der Waals surface area contributed by atoms with E-state index in [9.17, 15) is 4.79 Å². The molecule has 0 bridgehead atoms. The van der Waals surface area contributed by atoms with Gasteiger partial charge in [-0.25, -0.2) is 4.98 Å². The zero-order valence-electron chi connectivity index (χ0n) is 13.9. The van der Waals surface area contributed by atoms with E-state index in [-0.39, 0.29) is 5.97 Å². The van der Waals surface area contributed by atoms with Crippen molar-refractivity contribution in [2.24, 2.45) is 5.92 Å². The van der Waals surface area contributed by atoms with Gasteiger partial charge in [0.25, 0.3) is 0 Å². The van der Waals surface area contributed by atoms with Gasteiger partial charge in [-0.05, 0) is 17.9 Å². The number of thioether (sulfide) groups is 1. The fraction of sp³-hybridized carbons (Fsp3) is 0.500. The summed E-state index contributed by atoms with van der Waals surface area (Å²) in [6, 6.07) is 9.59. The predicted octanol–water partition coefficient (Wildman–Crippen LogP) is 3.93. The number of carbonyl (C=O) groups excluding carboxylic acids is 1. The lowest BCUT2D eigenvalue weighted by molar-refractivity contribution is -0.140. The molecule has 1 aliphatic carbocycles. The van der Waals surface area contributed by atoms with Crippen LogP contribution in [0.5, 0.6) is 0 Å². The summed E-state index contributed by atoms with van der Waals surface area (Å²) in [5.41, 5.74) is 0.895. The Kier molecular flexibility index (Phi) is 5.91. The number of aromatic amines is 1. The Morgan fingerprint density at radius 1 is 1.33 bits per heavy atom. The molecule has 0 radical (unpaired) electrons. The maximum Gasteiger partial charge on any atom is 0.323 e. The normalized spacial score (nSPS) is 16.2. The van der Waals surface area contributed by atoms with Crippen LogP contribution in [0.15, 0.2) is 35.5 Å². The molecule has 1 atom stereocenters. The number of hydrogen-bond donors (Lipinski definition) is 1. The van der Waals surface area contributed by atoms with Crippen LogP contribution in [-0.4, -0.2) is 28.3 Å². The smallest absolute Gasteiger partial charge is 0.323 e. The minimum Gasteiger partial charge on any atom is -0.468 e. The van der Waals surface area contributed by atoms with E-state index in [1.165, 1.54) is 51.0 Å². The Hall–Kier alpha value is -1.82. The molecule has 1 aliphatic rings. The molecule has 3 rings (SSSR count). The van der Waals surface area contributed by atoms with Crippen LogP contribution in [-0.2, 0) is 16.0 Å². The Morgan fingerprint density at radius 2 is 2.08 bits per heavy atom. The van der Waals surface area contributed by atoms with Gasteiger partial charge < -0.3 is 4.74 Å². The van der Waals surface area contributed by atoms with Crippen molar-refractivity contribution >= 4 is 17.7 Å². The van der Waals surface area contributed by atoms with Gasteiger partial charge in [0.05, 0.1) is 7.11 Å². The fourth-order valence-corrected chi connectivity index (χ4v) is 4.13. The second-order valence-electron chi connectivity index (χ2n) is 6.19. The van der Waals surface area contributed by atoms with Gasteiger partial charge in [-0.1, -0.05) is 67.8 Å². The van der Waals surface area contributed by atoms with E-state index in [0.29, 0.717) is 5.16 Å². The Bertz CT molecular complexity index is 653. The minimum atomic E-state index is -0.449. The number of ether oxygens (including phenoxy) is 1. The molecule has 1 unspecified atom stereocenters. The average Bonchev–Trinajstić information content (AvgIpc) is 3.29. The van der Waals surface area contributed by atoms with Crippen molar-refractivity contribution in [2.75, 3.05) is 7.11 Å². The van der Waals surface area contributed by atoms with Gasteiger partial charge in [0.2, 0.25) is 5.16 Å². The number of benzene rings is 1. The molecule has 24 heavy (non-hydrogen) atoms. The third-order valence-electron chi connectivity index (χ3n) is 4.52. The second-order valence-corrected chi connectivity index (χ2v) is 7.26. The number of aryl methyl sites for hydroxylation is 1. The first-order valence-electron chi connectivity index (χ1n) is 8.47. The van der Waals surface area contributed by atoms with Crippen LogP contribution in [0.1, 0.15) is 48.7 Å². The highest BCUT2D eigenvalue weighted by atomic mass is 32.2. The number of methoxy groups -OCH3 is 1. The minimum absolute atomic E-state index is 0.288. The lowest BCUT2D eigenvalue weighted by Gasteiger charge is -2.12. The topological polar surface area (TPSA) is 67.9 Å². The predicted molar refractivity (Wildman–Crippen MR) is 93.7 cm³/mol. The second kappa shape index (κ2) is 8.33. The van der Waals surface area contributed by atoms with Gasteiger partial charge in [-0.2, -0.15) is 0 Å². The molecule has 5 nitrogen and oxygen atoms in total. The first-order chi connectivity index (χ1) is 11.8. The van der Waals surface area contributed by atoms with E-state index in [2.05, 4.69) is 15.2 Å². The summed E-state index contributed by atoms with van der Waals surface area (Å²) < 4.78 is 4.94. The molecule has 2 aromatic rings. The van der Waals surface area contributed by atoms with Gasteiger partial charge in [0.1, 0.15) is 11.1 Å². The van der Waals surface area contributed by atoms with Crippen molar-refractivity contribution in [3.63, 3.8) is 0 Å². The molecule has 0 aliphatic heterocycles. The fourth-order valence-electron chi connectivity index (χ4n) is 3.17. The number of rotatable bonds is 7. The first kappa shape index (κ1) is 17.0. The number of nitrogens with one attached hydrogen (secondary N) is 1. The van der Waals surface area contributed by atoms with Crippen molar-refractivity contribution in [1.29, 1.82) is 0 Å². The SMILES string of the molecule is COC(=O)C(Sc1n[nH]c(CCC2CCCC2)n1)c1ccccc1. The third kappa shape index (κ3) is 4.38. The van der Waals surface area contributed by atoms with Crippen molar-refractivity contribution in [2.45, 2.75) is 48.9 Å². The Labute approximate surface area is 146 Å². The monoisotopic (exact) mass is 345 g/mol. The van der Waals surface area contributed by atoms with Gasteiger partial charge in [-0.3, -0.25) is 9.89 Å². The molecule has 6 heteroatoms. The van der Waals surface area contributed by atoms with Gasteiger partial charge in [-0.15, -0.1) is 5.10 Å². The number of carbonyl (C=O) groups is 1. The Balaban J connectivity index is 1.63. The zero-order chi connectivity index (χ0) is 16.8.